The summed E-state index contributed by atoms with van der Waals surface area (Å²) in [5.74, 6) is -0.0973. The van der Waals surface area contributed by atoms with E-state index in [0.29, 0.717) is 23.5 Å². The van der Waals surface area contributed by atoms with Crippen LogP contribution >= 0.6 is 0 Å². The van der Waals surface area contributed by atoms with Crippen LogP contribution in [0.4, 0.5) is 0 Å². The van der Waals surface area contributed by atoms with Crippen LogP contribution in [0.1, 0.15) is 56.5 Å². The molecule has 0 fully saturated rings. The molecule has 1 aliphatic carbocycles. The molecule has 0 spiro atoms. The zero-order chi connectivity index (χ0) is 20.4. The van der Waals surface area contributed by atoms with Crippen molar-refractivity contribution in [3.63, 3.8) is 0 Å². The molecule has 4 rings (SSSR count). The SMILES string of the molecule is Cc1ccc(CN(C(=O)c2ccc(C#N)c(C)n2)C2CCc3ccccc32)cc1. The lowest BCUT2D eigenvalue weighted by Gasteiger charge is -2.30. The van der Waals surface area contributed by atoms with E-state index in [9.17, 15) is 10.1 Å². The van der Waals surface area contributed by atoms with Gasteiger partial charge >= 0.3 is 0 Å². The Balaban J connectivity index is 1.72. The van der Waals surface area contributed by atoms with Gasteiger partial charge in [0, 0.05) is 6.54 Å². The van der Waals surface area contributed by atoms with Crippen molar-refractivity contribution in [1.29, 1.82) is 5.26 Å². The molecule has 1 atom stereocenters. The predicted molar refractivity (Wildman–Crippen MR) is 112 cm³/mol. The van der Waals surface area contributed by atoms with E-state index in [2.05, 4.69) is 60.4 Å². The van der Waals surface area contributed by atoms with E-state index >= 15 is 0 Å². The van der Waals surface area contributed by atoms with Crippen LogP contribution in [0.3, 0.4) is 0 Å². The molecule has 0 bridgehead atoms. The first kappa shape index (κ1) is 18.9. The third-order valence-electron chi connectivity index (χ3n) is 5.64. The van der Waals surface area contributed by atoms with Gasteiger partial charge in [0.05, 0.1) is 17.3 Å². The van der Waals surface area contributed by atoms with Crippen LogP contribution in [0.2, 0.25) is 0 Å². The summed E-state index contributed by atoms with van der Waals surface area (Å²) in [5.41, 5.74) is 6.29. The summed E-state index contributed by atoms with van der Waals surface area (Å²) < 4.78 is 0. The third-order valence-corrected chi connectivity index (χ3v) is 5.64. The second kappa shape index (κ2) is 7.89. The molecule has 0 saturated carbocycles. The second-order valence-electron chi connectivity index (χ2n) is 7.61. The summed E-state index contributed by atoms with van der Waals surface area (Å²) in [4.78, 5) is 19.9. The molecule has 1 heterocycles. The number of nitriles is 1. The number of aryl methyl sites for hydroxylation is 3. The fourth-order valence-electron chi connectivity index (χ4n) is 4.02. The molecule has 1 unspecified atom stereocenters. The maximum absolute atomic E-state index is 13.5. The average molecular weight is 381 g/mol. The van der Waals surface area contributed by atoms with Crippen molar-refractivity contribution in [3.8, 4) is 6.07 Å². The molecule has 1 aliphatic rings. The highest BCUT2D eigenvalue weighted by atomic mass is 16.2. The summed E-state index contributed by atoms with van der Waals surface area (Å²) in [7, 11) is 0. The van der Waals surface area contributed by atoms with Crippen LogP contribution in [0.25, 0.3) is 0 Å². The van der Waals surface area contributed by atoms with Crippen LogP contribution in [-0.4, -0.2) is 15.8 Å². The first-order chi connectivity index (χ1) is 14.1. The van der Waals surface area contributed by atoms with Gasteiger partial charge < -0.3 is 4.90 Å². The van der Waals surface area contributed by atoms with E-state index in [1.54, 1.807) is 19.1 Å². The highest BCUT2D eigenvalue weighted by Crippen LogP contribution is 2.37. The molecule has 0 aliphatic heterocycles. The summed E-state index contributed by atoms with van der Waals surface area (Å²) >= 11 is 0. The monoisotopic (exact) mass is 381 g/mol. The number of carbonyl (C=O) groups is 1. The van der Waals surface area contributed by atoms with Gasteiger partial charge in [0.25, 0.3) is 5.91 Å². The first-order valence-electron chi connectivity index (χ1n) is 9.89. The Hall–Kier alpha value is -3.45. The molecule has 0 radical (unpaired) electrons. The number of amides is 1. The van der Waals surface area contributed by atoms with Gasteiger partial charge in [0.2, 0.25) is 0 Å². The number of hydrogen-bond donors (Lipinski definition) is 0. The van der Waals surface area contributed by atoms with Crippen molar-refractivity contribution in [2.24, 2.45) is 0 Å². The van der Waals surface area contributed by atoms with E-state index in [1.807, 2.05) is 11.0 Å². The number of benzene rings is 2. The minimum Gasteiger partial charge on any atom is -0.326 e. The van der Waals surface area contributed by atoms with Crippen molar-refractivity contribution in [2.75, 3.05) is 0 Å². The van der Waals surface area contributed by atoms with Gasteiger partial charge in [0.1, 0.15) is 11.8 Å². The zero-order valence-electron chi connectivity index (χ0n) is 16.7. The molecule has 4 nitrogen and oxygen atoms in total. The van der Waals surface area contributed by atoms with Gasteiger partial charge in [-0.3, -0.25) is 4.79 Å². The highest BCUT2D eigenvalue weighted by Gasteiger charge is 2.32. The number of carbonyl (C=O) groups excluding carboxylic acids is 1. The van der Waals surface area contributed by atoms with Crippen molar-refractivity contribution in [3.05, 3.63) is 99.9 Å². The summed E-state index contributed by atoms with van der Waals surface area (Å²) in [6.45, 7) is 4.35. The Morgan fingerprint density at radius 3 is 2.59 bits per heavy atom. The summed E-state index contributed by atoms with van der Waals surface area (Å²) in [5, 5.41) is 9.17. The predicted octanol–water partition coefficient (Wildman–Crippen LogP) is 4.90. The maximum Gasteiger partial charge on any atom is 0.273 e. The van der Waals surface area contributed by atoms with Crippen molar-refractivity contribution in [1.82, 2.24) is 9.88 Å². The minimum absolute atomic E-state index is 0.0257. The molecule has 4 heteroatoms. The van der Waals surface area contributed by atoms with Gasteiger partial charge in [-0.25, -0.2) is 4.98 Å². The molecule has 29 heavy (non-hydrogen) atoms. The number of hydrogen-bond acceptors (Lipinski definition) is 3. The molecule has 2 aromatic carbocycles. The van der Waals surface area contributed by atoms with E-state index in [4.69, 9.17) is 0 Å². The van der Waals surface area contributed by atoms with Crippen molar-refractivity contribution < 1.29 is 4.79 Å². The van der Waals surface area contributed by atoms with E-state index in [0.717, 1.165) is 18.4 Å². The summed E-state index contributed by atoms with van der Waals surface area (Å²) in [6.07, 6.45) is 1.88. The molecule has 1 aromatic heterocycles. The molecule has 0 saturated heterocycles. The number of nitrogens with zero attached hydrogens (tertiary/aromatic N) is 3. The Bertz CT molecular complexity index is 1100. The number of aromatic nitrogens is 1. The maximum atomic E-state index is 13.5. The molecule has 3 aromatic rings. The lowest BCUT2D eigenvalue weighted by Crippen LogP contribution is -2.34. The van der Waals surface area contributed by atoms with E-state index < -0.39 is 0 Å². The Morgan fingerprint density at radius 1 is 1.10 bits per heavy atom. The van der Waals surface area contributed by atoms with Crippen LogP contribution in [0.5, 0.6) is 0 Å². The number of fused-ring (bicyclic) bond motifs is 1. The number of pyridine rings is 1. The topological polar surface area (TPSA) is 57.0 Å². The molecule has 144 valence electrons. The standard InChI is InChI=1S/C25H23N3O/c1-17-7-9-19(10-8-17)16-28(24-14-12-20-5-3-4-6-22(20)24)25(29)23-13-11-21(15-26)18(2)27-23/h3-11,13,24H,12,14,16H2,1-2H3. The molecule has 0 N–H and O–H groups in total. The lowest BCUT2D eigenvalue weighted by atomic mass is 10.0. The van der Waals surface area contributed by atoms with Crippen molar-refractivity contribution in [2.45, 2.75) is 39.3 Å². The highest BCUT2D eigenvalue weighted by molar-refractivity contribution is 5.93. The molecular weight excluding hydrogens is 358 g/mol. The van der Waals surface area contributed by atoms with E-state index in [1.165, 1.54) is 16.7 Å². The molecular formula is C25H23N3O. The first-order valence-corrected chi connectivity index (χ1v) is 9.89. The van der Waals surface area contributed by atoms with Gasteiger partial charge in [-0.05, 0) is 55.5 Å². The Morgan fingerprint density at radius 2 is 1.86 bits per heavy atom. The third kappa shape index (κ3) is 3.77. The van der Waals surface area contributed by atoms with Crippen LogP contribution in [0, 0.1) is 25.2 Å². The minimum atomic E-state index is -0.0973. The van der Waals surface area contributed by atoms with Gasteiger partial charge in [-0.2, -0.15) is 5.26 Å². The summed E-state index contributed by atoms with van der Waals surface area (Å²) in [6, 6.07) is 22.2. The van der Waals surface area contributed by atoms with Crippen LogP contribution in [-0.2, 0) is 13.0 Å². The van der Waals surface area contributed by atoms with Crippen LogP contribution < -0.4 is 0 Å². The van der Waals surface area contributed by atoms with Gasteiger partial charge in [-0.1, -0.05) is 54.1 Å². The van der Waals surface area contributed by atoms with Gasteiger partial charge in [0.15, 0.2) is 0 Å². The normalized spacial score (nSPS) is 14.9. The fraction of sp³-hybridized carbons (Fsp3) is 0.240. The smallest absolute Gasteiger partial charge is 0.273 e. The van der Waals surface area contributed by atoms with Gasteiger partial charge in [-0.15, -0.1) is 0 Å². The quantitative estimate of drug-likeness (QED) is 0.646. The Kier molecular flexibility index (Phi) is 5.14. The van der Waals surface area contributed by atoms with Crippen molar-refractivity contribution >= 4 is 5.91 Å². The number of rotatable bonds is 4. The second-order valence-corrected chi connectivity index (χ2v) is 7.61. The van der Waals surface area contributed by atoms with E-state index in [-0.39, 0.29) is 11.9 Å². The Labute approximate surface area is 171 Å². The largest absolute Gasteiger partial charge is 0.326 e. The molecule has 1 amide bonds. The fourth-order valence-corrected chi connectivity index (χ4v) is 4.02. The zero-order valence-corrected chi connectivity index (χ0v) is 16.7. The lowest BCUT2D eigenvalue weighted by molar-refractivity contribution is 0.0652. The van der Waals surface area contributed by atoms with Crippen LogP contribution in [0.15, 0.2) is 60.7 Å². The average Bonchev–Trinajstić information content (AvgIpc) is 3.17.